The van der Waals surface area contributed by atoms with E-state index >= 15 is 0 Å². The van der Waals surface area contributed by atoms with Crippen molar-refractivity contribution in [1.29, 1.82) is 0 Å². The number of para-hydroxylation sites is 2. The van der Waals surface area contributed by atoms with E-state index in [1.165, 1.54) is 0 Å². The quantitative estimate of drug-likeness (QED) is 0.563. The molecular weight excluding hydrogens is 340 g/mol. The number of ether oxygens (including phenoxy) is 2. The SMILES string of the molecule is C=CCOc1ccccc1NC(=O)CNc1ccc(OCCC(C)C)cc1. The van der Waals surface area contributed by atoms with Crippen LogP contribution in [0.3, 0.4) is 0 Å². The van der Waals surface area contributed by atoms with Crippen LogP contribution in [0.5, 0.6) is 11.5 Å². The Kier molecular flexibility index (Phi) is 8.23. The van der Waals surface area contributed by atoms with Gasteiger partial charge in [0.2, 0.25) is 5.91 Å². The highest BCUT2D eigenvalue weighted by molar-refractivity contribution is 5.95. The van der Waals surface area contributed by atoms with Gasteiger partial charge in [-0.05, 0) is 48.7 Å². The summed E-state index contributed by atoms with van der Waals surface area (Å²) in [5.41, 5.74) is 1.50. The molecule has 5 heteroatoms. The van der Waals surface area contributed by atoms with Crippen molar-refractivity contribution in [2.75, 3.05) is 30.4 Å². The summed E-state index contributed by atoms with van der Waals surface area (Å²) in [6, 6.07) is 14.9. The maximum atomic E-state index is 12.2. The molecule has 0 bridgehead atoms. The minimum absolute atomic E-state index is 0.151. The third-order valence-electron chi connectivity index (χ3n) is 3.79. The van der Waals surface area contributed by atoms with Gasteiger partial charge in [0.25, 0.3) is 0 Å². The summed E-state index contributed by atoms with van der Waals surface area (Å²) in [5.74, 6) is 1.92. The Balaban J connectivity index is 1.81. The Bertz CT molecular complexity index is 727. The first-order valence-electron chi connectivity index (χ1n) is 9.17. The van der Waals surface area contributed by atoms with Crippen molar-refractivity contribution in [2.45, 2.75) is 20.3 Å². The van der Waals surface area contributed by atoms with Gasteiger partial charge < -0.3 is 20.1 Å². The van der Waals surface area contributed by atoms with Crippen molar-refractivity contribution in [3.63, 3.8) is 0 Å². The molecule has 0 atom stereocenters. The number of hydrogen-bond acceptors (Lipinski definition) is 4. The van der Waals surface area contributed by atoms with E-state index in [0.29, 0.717) is 30.6 Å². The van der Waals surface area contributed by atoms with Gasteiger partial charge in [-0.25, -0.2) is 0 Å². The number of carbonyl (C=O) groups is 1. The average molecular weight is 368 g/mol. The molecule has 0 fully saturated rings. The molecule has 2 aromatic carbocycles. The van der Waals surface area contributed by atoms with Crippen molar-refractivity contribution >= 4 is 17.3 Å². The molecular formula is C22H28N2O3. The lowest BCUT2D eigenvalue weighted by Gasteiger charge is -2.12. The topological polar surface area (TPSA) is 59.6 Å². The zero-order chi connectivity index (χ0) is 19.5. The van der Waals surface area contributed by atoms with Crippen molar-refractivity contribution in [3.8, 4) is 11.5 Å². The lowest BCUT2D eigenvalue weighted by atomic mass is 10.1. The summed E-state index contributed by atoms with van der Waals surface area (Å²) in [5, 5.41) is 5.96. The molecule has 0 spiro atoms. The van der Waals surface area contributed by atoms with Gasteiger partial charge in [-0.3, -0.25) is 4.79 Å². The van der Waals surface area contributed by atoms with E-state index in [2.05, 4.69) is 31.1 Å². The molecule has 0 saturated carbocycles. The van der Waals surface area contributed by atoms with E-state index in [9.17, 15) is 4.79 Å². The fourth-order valence-electron chi connectivity index (χ4n) is 2.30. The van der Waals surface area contributed by atoms with E-state index in [-0.39, 0.29) is 12.5 Å². The number of hydrogen-bond donors (Lipinski definition) is 2. The molecule has 0 unspecified atom stereocenters. The van der Waals surface area contributed by atoms with Crippen LogP contribution in [-0.4, -0.2) is 25.7 Å². The number of carbonyl (C=O) groups excluding carboxylic acids is 1. The molecule has 144 valence electrons. The lowest BCUT2D eigenvalue weighted by Crippen LogP contribution is -2.22. The molecule has 0 aliphatic carbocycles. The smallest absolute Gasteiger partial charge is 0.243 e. The maximum Gasteiger partial charge on any atom is 0.243 e. The van der Waals surface area contributed by atoms with Crippen molar-refractivity contribution in [1.82, 2.24) is 0 Å². The fraction of sp³-hybridized carbons (Fsp3) is 0.318. The van der Waals surface area contributed by atoms with E-state index in [4.69, 9.17) is 9.47 Å². The Morgan fingerprint density at radius 1 is 1.11 bits per heavy atom. The molecule has 2 N–H and O–H groups in total. The van der Waals surface area contributed by atoms with Gasteiger partial charge >= 0.3 is 0 Å². The summed E-state index contributed by atoms with van der Waals surface area (Å²) in [4.78, 5) is 12.2. The Hall–Kier alpha value is -2.95. The van der Waals surface area contributed by atoms with Crippen LogP contribution in [0.1, 0.15) is 20.3 Å². The van der Waals surface area contributed by atoms with Crippen LogP contribution >= 0.6 is 0 Å². The molecule has 0 radical (unpaired) electrons. The van der Waals surface area contributed by atoms with Gasteiger partial charge in [-0.15, -0.1) is 0 Å². The summed E-state index contributed by atoms with van der Waals surface area (Å²) in [6.07, 6.45) is 2.69. The van der Waals surface area contributed by atoms with Gasteiger partial charge in [0.1, 0.15) is 18.1 Å². The highest BCUT2D eigenvalue weighted by Crippen LogP contribution is 2.23. The largest absolute Gasteiger partial charge is 0.494 e. The first-order chi connectivity index (χ1) is 13.1. The second kappa shape index (κ2) is 10.9. The van der Waals surface area contributed by atoms with Gasteiger partial charge in [0.15, 0.2) is 0 Å². The fourth-order valence-corrected chi connectivity index (χ4v) is 2.30. The summed E-state index contributed by atoms with van der Waals surface area (Å²) in [7, 11) is 0. The first-order valence-corrected chi connectivity index (χ1v) is 9.17. The molecule has 0 saturated heterocycles. The number of amides is 1. The molecule has 0 aliphatic rings. The number of anilines is 2. The van der Waals surface area contributed by atoms with Crippen LogP contribution in [0, 0.1) is 5.92 Å². The van der Waals surface area contributed by atoms with Crippen molar-refractivity contribution in [2.24, 2.45) is 5.92 Å². The van der Waals surface area contributed by atoms with Gasteiger partial charge in [-0.2, -0.15) is 0 Å². The van der Waals surface area contributed by atoms with E-state index in [0.717, 1.165) is 17.9 Å². The van der Waals surface area contributed by atoms with Gasteiger partial charge in [0, 0.05) is 5.69 Å². The summed E-state index contributed by atoms with van der Waals surface area (Å²) in [6.45, 7) is 9.22. The molecule has 0 aliphatic heterocycles. The Labute approximate surface area is 161 Å². The summed E-state index contributed by atoms with van der Waals surface area (Å²) < 4.78 is 11.2. The standard InChI is InChI=1S/C22H28N2O3/c1-4-14-27-21-8-6-5-7-20(21)24-22(25)16-23-18-9-11-19(12-10-18)26-15-13-17(2)3/h4-12,17,23H,1,13-16H2,2-3H3,(H,24,25). The monoisotopic (exact) mass is 368 g/mol. The van der Waals surface area contributed by atoms with Crippen LogP contribution in [0.4, 0.5) is 11.4 Å². The molecule has 0 aromatic heterocycles. The second-order valence-electron chi connectivity index (χ2n) is 6.55. The van der Waals surface area contributed by atoms with Crippen molar-refractivity contribution < 1.29 is 14.3 Å². The number of benzene rings is 2. The third kappa shape index (κ3) is 7.44. The molecule has 27 heavy (non-hydrogen) atoms. The Morgan fingerprint density at radius 3 is 2.56 bits per heavy atom. The Morgan fingerprint density at radius 2 is 1.85 bits per heavy atom. The van der Waals surface area contributed by atoms with Crippen LogP contribution in [0.2, 0.25) is 0 Å². The molecule has 2 rings (SSSR count). The second-order valence-corrected chi connectivity index (χ2v) is 6.55. The van der Waals surface area contributed by atoms with Gasteiger partial charge in [0.05, 0.1) is 18.8 Å². The highest BCUT2D eigenvalue weighted by Gasteiger charge is 2.07. The minimum Gasteiger partial charge on any atom is -0.494 e. The normalized spacial score (nSPS) is 10.3. The third-order valence-corrected chi connectivity index (χ3v) is 3.79. The summed E-state index contributed by atoms with van der Waals surface area (Å²) >= 11 is 0. The zero-order valence-corrected chi connectivity index (χ0v) is 16.0. The molecule has 2 aromatic rings. The molecule has 5 nitrogen and oxygen atoms in total. The van der Waals surface area contributed by atoms with Crippen LogP contribution < -0.4 is 20.1 Å². The number of rotatable bonds is 11. The predicted octanol–water partition coefficient (Wildman–Crippen LogP) is 4.73. The predicted molar refractivity (Wildman–Crippen MR) is 111 cm³/mol. The van der Waals surface area contributed by atoms with Crippen LogP contribution in [0.15, 0.2) is 61.2 Å². The highest BCUT2D eigenvalue weighted by atomic mass is 16.5. The van der Waals surface area contributed by atoms with Crippen molar-refractivity contribution in [3.05, 3.63) is 61.2 Å². The van der Waals surface area contributed by atoms with Crippen LogP contribution in [0.25, 0.3) is 0 Å². The van der Waals surface area contributed by atoms with Crippen LogP contribution in [-0.2, 0) is 4.79 Å². The maximum absolute atomic E-state index is 12.2. The van der Waals surface area contributed by atoms with Gasteiger partial charge in [-0.1, -0.05) is 38.6 Å². The molecule has 1 amide bonds. The molecule has 0 heterocycles. The van der Waals surface area contributed by atoms with E-state index in [1.54, 1.807) is 12.1 Å². The minimum atomic E-state index is -0.151. The van der Waals surface area contributed by atoms with E-state index < -0.39 is 0 Å². The lowest BCUT2D eigenvalue weighted by molar-refractivity contribution is -0.114. The average Bonchev–Trinajstić information content (AvgIpc) is 2.66. The number of nitrogens with one attached hydrogen (secondary N) is 2. The van der Waals surface area contributed by atoms with E-state index in [1.807, 2.05) is 42.5 Å². The first kappa shape index (κ1) is 20.4. The zero-order valence-electron chi connectivity index (χ0n) is 16.0.